The van der Waals surface area contributed by atoms with Crippen LogP contribution in [0.25, 0.3) is 10.2 Å². The van der Waals surface area contributed by atoms with Crippen molar-refractivity contribution >= 4 is 27.5 Å². The van der Waals surface area contributed by atoms with Gasteiger partial charge in [-0.1, -0.05) is 17.7 Å². The van der Waals surface area contributed by atoms with Gasteiger partial charge in [0.15, 0.2) is 0 Å². The van der Waals surface area contributed by atoms with Gasteiger partial charge in [-0.15, -0.1) is 11.3 Å². The van der Waals surface area contributed by atoms with Crippen molar-refractivity contribution in [2.75, 3.05) is 7.11 Å². The van der Waals surface area contributed by atoms with Crippen LogP contribution >= 0.6 is 11.3 Å². The summed E-state index contributed by atoms with van der Waals surface area (Å²) in [6.07, 6.45) is 6.09. The highest BCUT2D eigenvalue weighted by Gasteiger charge is 2.20. The van der Waals surface area contributed by atoms with Crippen molar-refractivity contribution in [2.24, 2.45) is 0 Å². The third-order valence-electron chi connectivity index (χ3n) is 5.75. The fourth-order valence-electron chi connectivity index (χ4n) is 4.15. The lowest BCUT2D eigenvalue weighted by Gasteiger charge is -2.18. The maximum Gasteiger partial charge on any atom is 0.262 e. The SMILES string of the molecule is COc1ccc(C)cc1C(C)NC(=O)CCn1cnc2sc3c(c2c1=O)CCCC3. The summed E-state index contributed by atoms with van der Waals surface area (Å²) in [7, 11) is 1.63. The van der Waals surface area contributed by atoms with Crippen LogP contribution in [0.2, 0.25) is 0 Å². The number of ether oxygens (including phenoxy) is 1. The molecule has 6 nitrogen and oxygen atoms in total. The minimum Gasteiger partial charge on any atom is -0.496 e. The second-order valence-electron chi connectivity index (χ2n) is 7.92. The molecular formula is C23H27N3O3S. The maximum atomic E-state index is 13.0. The Morgan fingerprint density at radius 2 is 2.13 bits per heavy atom. The molecule has 3 aromatic rings. The molecule has 1 aliphatic carbocycles. The number of carbonyl (C=O) groups excluding carboxylic acids is 1. The third kappa shape index (κ3) is 3.99. The summed E-state index contributed by atoms with van der Waals surface area (Å²) in [5.74, 6) is 0.645. The Morgan fingerprint density at radius 3 is 2.93 bits per heavy atom. The number of benzene rings is 1. The number of methoxy groups -OCH3 is 1. The second kappa shape index (κ2) is 8.60. The number of aryl methyl sites for hydroxylation is 4. The van der Waals surface area contributed by atoms with Gasteiger partial charge in [0.25, 0.3) is 5.56 Å². The van der Waals surface area contributed by atoms with Crippen molar-refractivity contribution < 1.29 is 9.53 Å². The van der Waals surface area contributed by atoms with Crippen molar-refractivity contribution in [3.8, 4) is 5.75 Å². The number of amides is 1. The largest absolute Gasteiger partial charge is 0.496 e. The Labute approximate surface area is 179 Å². The summed E-state index contributed by atoms with van der Waals surface area (Å²) in [6.45, 7) is 4.26. The zero-order chi connectivity index (χ0) is 21.3. The smallest absolute Gasteiger partial charge is 0.262 e. The van der Waals surface area contributed by atoms with E-state index in [1.807, 2.05) is 32.0 Å². The molecule has 0 spiro atoms. The molecule has 0 radical (unpaired) electrons. The van der Waals surface area contributed by atoms with Gasteiger partial charge in [0.1, 0.15) is 10.6 Å². The van der Waals surface area contributed by atoms with E-state index >= 15 is 0 Å². The fourth-order valence-corrected chi connectivity index (χ4v) is 5.37. The summed E-state index contributed by atoms with van der Waals surface area (Å²) in [5, 5.41) is 3.78. The first-order valence-electron chi connectivity index (χ1n) is 10.4. The number of nitrogens with zero attached hydrogens (tertiary/aromatic N) is 2. The molecule has 7 heteroatoms. The maximum absolute atomic E-state index is 13.0. The molecule has 0 saturated heterocycles. The van der Waals surface area contributed by atoms with Gasteiger partial charge in [-0.3, -0.25) is 14.2 Å². The van der Waals surface area contributed by atoms with E-state index in [-0.39, 0.29) is 23.9 Å². The van der Waals surface area contributed by atoms with E-state index in [0.29, 0.717) is 6.54 Å². The molecule has 158 valence electrons. The lowest BCUT2D eigenvalue weighted by molar-refractivity contribution is -0.122. The van der Waals surface area contributed by atoms with Gasteiger partial charge < -0.3 is 10.1 Å². The Morgan fingerprint density at radius 1 is 1.33 bits per heavy atom. The fraction of sp³-hybridized carbons (Fsp3) is 0.435. The monoisotopic (exact) mass is 425 g/mol. The van der Waals surface area contributed by atoms with Gasteiger partial charge in [-0.25, -0.2) is 4.98 Å². The summed E-state index contributed by atoms with van der Waals surface area (Å²) in [4.78, 5) is 32.2. The number of fused-ring (bicyclic) bond motifs is 3. The molecule has 1 N–H and O–H groups in total. The minimum atomic E-state index is -0.187. The Kier molecular flexibility index (Phi) is 5.90. The summed E-state index contributed by atoms with van der Waals surface area (Å²) < 4.78 is 6.99. The first-order chi connectivity index (χ1) is 14.5. The van der Waals surface area contributed by atoms with Crippen LogP contribution in [-0.4, -0.2) is 22.6 Å². The molecule has 30 heavy (non-hydrogen) atoms. The number of hydrogen-bond acceptors (Lipinski definition) is 5. The van der Waals surface area contributed by atoms with Gasteiger partial charge in [0.2, 0.25) is 5.91 Å². The highest BCUT2D eigenvalue weighted by atomic mass is 32.1. The Bertz CT molecular complexity index is 1150. The highest BCUT2D eigenvalue weighted by molar-refractivity contribution is 7.18. The Hall–Kier alpha value is -2.67. The average molecular weight is 426 g/mol. The lowest BCUT2D eigenvalue weighted by Crippen LogP contribution is -2.29. The van der Waals surface area contributed by atoms with E-state index in [9.17, 15) is 9.59 Å². The molecule has 2 heterocycles. The van der Waals surface area contributed by atoms with Crippen molar-refractivity contribution in [1.29, 1.82) is 0 Å². The third-order valence-corrected chi connectivity index (χ3v) is 6.95. The molecule has 1 atom stereocenters. The first kappa shape index (κ1) is 20.6. The van der Waals surface area contributed by atoms with Crippen molar-refractivity contribution in [3.05, 3.63) is 56.4 Å². The number of carbonyl (C=O) groups is 1. The zero-order valence-corrected chi connectivity index (χ0v) is 18.5. The second-order valence-corrected chi connectivity index (χ2v) is 9.00. The van der Waals surface area contributed by atoms with Crippen molar-refractivity contribution in [1.82, 2.24) is 14.9 Å². The first-order valence-corrected chi connectivity index (χ1v) is 11.2. The number of rotatable bonds is 6. The van der Waals surface area contributed by atoms with Crippen molar-refractivity contribution in [2.45, 2.75) is 58.5 Å². The molecule has 2 aromatic heterocycles. The number of hydrogen-bond donors (Lipinski definition) is 1. The van der Waals surface area contributed by atoms with E-state index in [1.165, 1.54) is 16.9 Å². The van der Waals surface area contributed by atoms with Gasteiger partial charge in [0, 0.05) is 23.4 Å². The van der Waals surface area contributed by atoms with Crippen LogP contribution < -0.4 is 15.6 Å². The van der Waals surface area contributed by atoms with E-state index in [4.69, 9.17) is 4.74 Å². The van der Waals surface area contributed by atoms with Crippen LogP contribution in [0.15, 0.2) is 29.3 Å². The van der Waals surface area contributed by atoms with Crippen LogP contribution in [0.3, 0.4) is 0 Å². The van der Waals surface area contributed by atoms with E-state index < -0.39 is 0 Å². The predicted octanol–water partition coefficient (Wildman–Crippen LogP) is 3.92. The number of aromatic nitrogens is 2. The molecule has 1 aliphatic rings. The molecular weight excluding hydrogens is 398 g/mol. The van der Waals surface area contributed by atoms with Crippen LogP contribution in [0, 0.1) is 6.92 Å². The lowest BCUT2D eigenvalue weighted by atomic mass is 9.97. The van der Waals surface area contributed by atoms with Crippen LogP contribution in [-0.2, 0) is 24.2 Å². The molecule has 1 amide bonds. The molecule has 0 fully saturated rings. The molecule has 0 aliphatic heterocycles. The molecule has 1 unspecified atom stereocenters. The molecule has 1 aromatic carbocycles. The summed E-state index contributed by atoms with van der Waals surface area (Å²) in [5.41, 5.74) is 3.20. The number of nitrogens with one attached hydrogen (secondary N) is 1. The molecule has 0 bridgehead atoms. The van der Waals surface area contributed by atoms with Gasteiger partial charge >= 0.3 is 0 Å². The topological polar surface area (TPSA) is 73.2 Å². The van der Waals surface area contributed by atoms with Crippen LogP contribution in [0.5, 0.6) is 5.75 Å². The average Bonchev–Trinajstić information content (AvgIpc) is 3.12. The van der Waals surface area contributed by atoms with E-state index in [1.54, 1.807) is 29.3 Å². The van der Waals surface area contributed by atoms with Gasteiger partial charge in [0.05, 0.1) is 24.9 Å². The standard InChI is InChI=1S/C23H27N3O3S/c1-14-8-9-18(29-3)17(12-14)15(2)25-20(27)10-11-26-13-24-22-21(23(26)28)16-6-4-5-7-19(16)30-22/h8-9,12-13,15H,4-7,10-11H2,1-3H3,(H,25,27). The van der Waals surface area contributed by atoms with Gasteiger partial charge in [-0.2, -0.15) is 0 Å². The van der Waals surface area contributed by atoms with E-state index in [0.717, 1.165) is 46.4 Å². The van der Waals surface area contributed by atoms with Gasteiger partial charge in [-0.05, 0) is 51.2 Å². The molecule has 4 rings (SSSR count). The zero-order valence-electron chi connectivity index (χ0n) is 17.7. The normalized spacial score (nSPS) is 14.4. The summed E-state index contributed by atoms with van der Waals surface area (Å²) in [6, 6.07) is 5.73. The van der Waals surface area contributed by atoms with Crippen LogP contribution in [0.4, 0.5) is 0 Å². The predicted molar refractivity (Wildman–Crippen MR) is 119 cm³/mol. The van der Waals surface area contributed by atoms with E-state index in [2.05, 4.69) is 10.3 Å². The molecule has 0 saturated carbocycles. The Balaban J connectivity index is 1.46. The highest BCUT2D eigenvalue weighted by Crippen LogP contribution is 2.33. The number of thiophene rings is 1. The summed E-state index contributed by atoms with van der Waals surface area (Å²) >= 11 is 1.64. The van der Waals surface area contributed by atoms with Crippen molar-refractivity contribution in [3.63, 3.8) is 0 Å². The minimum absolute atomic E-state index is 0.0272. The van der Waals surface area contributed by atoms with Crippen LogP contribution in [0.1, 0.15) is 53.8 Å². The quantitative estimate of drug-likeness (QED) is 0.650.